The fourth-order valence-electron chi connectivity index (χ4n) is 4.84. The van der Waals surface area contributed by atoms with Crippen LogP contribution in [0.5, 0.6) is 5.75 Å². The molecule has 0 spiro atoms. The molecule has 0 aliphatic carbocycles. The van der Waals surface area contributed by atoms with E-state index in [-0.39, 0.29) is 16.5 Å². The third-order valence-electron chi connectivity index (χ3n) is 7.04. The van der Waals surface area contributed by atoms with Crippen molar-refractivity contribution in [2.75, 3.05) is 37.6 Å². The van der Waals surface area contributed by atoms with Crippen LogP contribution in [0.25, 0.3) is 5.65 Å². The Kier molecular flexibility index (Phi) is 8.07. The molecule has 0 amide bonds. The van der Waals surface area contributed by atoms with Crippen LogP contribution in [-0.4, -0.2) is 109 Å². The first-order chi connectivity index (χ1) is 18.7. The van der Waals surface area contributed by atoms with E-state index in [9.17, 15) is 30.0 Å². The predicted molar refractivity (Wildman–Crippen MR) is 139 cm³/mol. The van der Waals surface area contributed by atoms with E-state index in [0.717, 1.165) is 44.8 Å². The number of nitrogens with zero attached hydrogens (tertiary/aromatic N) is 5. The number of piperazine rings is 1. The van der Waals surface area contributed by atoms with Crippen LogP contribution in [0, 0.1) is 0 Å². The maximum atomic E-state index is 12.4. The van der Waals surface area contributed by atoms with Gasteiger partial charge in [0.05, 0.1) is 5.02 Å². The minimum absolute atomic E-state index is 0.137. The summed E-state index contributed by atoms with van der Waals surface area (Å²) in [6.07, 6.45) is -6.03. The fourth-order valence-corrected chi connectivity index (χ4v) is 5.06. The van der Waals surface area contributed by atoms with Crippen molar-refractivity contribution in [3.05, 3.63) is 58.1 Å². The number of pyridine rings is 1. The highest BCUT2D eigenvalue weighted by atomic mass is 35.5. The second-order valence-corrected chi connectivity index (χ2v) is 9.99. The van der Waals surface area contributed by atoms with Crippen LogP contribution in [0.4, 0.5) is 5.69 Å². The number of ether oxygens (including phenoxy) is 2. The Morgan fingerprint density at radius 1 is 1.05 bits per heavy atom. The Balaban J connectivity index is 1.13. The van der Waals surface area contributed by atoms with E-state index >= 15 is 0 Å². The molecule has 0 bridgehead atoms. The van der Waals surface area contributed by atoms with E-state index in [0.29, 0.717) is 12.2 Å². The number of carbonyl (C=O) groups is 1. The van der Waals surface area contributed by atoms with Crippen molar-refractivity contribution in [2.24, 2.45) is 0 Å². The second kappa shape index (κ2) is 11.5. The highest BCUT2D eigenvalue weighted by Gasteiger charge is 2.48. The molecule has 0 unspecified atom stereocenters. The van der Waals surface area contributed by atoms with Crippen molar-refractivity contribution in [1.29, 1.82) is 0 Å². The highest BCUT2D eigenvalue weighted by Crippen LogP contribution is 2.33. The lowest BCUT2D eigenvalue weighted by Crippen LogP contribution is -2.61. The molecule has 5 rings (SSSR count). The van der Waals surface area contributed by atoms with Gasteiger partial charge in [-0.05, 0) is 36.8 Å². The van der Waals surface area contributed by atoms with Crippen molar-refractivity contribution >= 4 is 28.9 Å². The molecule has 2 fully saturated rings. The summed E-state index contributed by atoms with van der Waals surface area (Å²) in [5, 5.41) is 43.8. The van der Waals surface area contributed by atoms with Gasteiger partial charge in [-0.15, -0.1) is 5.10 Å². The number of anilines is 1. The van der Waals surface area contributed by atoms with E-state index in [2.05, 4.69) is 14.9 Å². The molecule has 2 aromatic heterocycles. The van der Waals surface area contributed by atoms with Crippen LogP contribution in [0.3, 0.4) is 0 Å². The third-order valence-corrected chi connectivity index (χ3v) is 7.34. The van der Waals surface area contributed by atoms with Crippen molar-refractivity contribution in [3.8, 4) is 5.75 Å². The molecule has 2 saturated heterocycles. The Bertz CT molecular complexity index is 1370. The van der Waals surface area contributed by atoms with Gasteiger partial charge in [-0.1, -0.05) is 17.7 Å². The molecule has 14 heteroatoms. The number of hydrogen-bond donors (Lipinski definition) is 4. The van der Waals surface area contributed by atoms with Crippen LogP contribution in [0.1, 0.15) is 6.42 Å². The van der Waals surface area contributed by atoms with Crippen LogP contribution < -0.4 is 15.3 Å². The molecule has 4 N–H and O–H groups in total. The van der Waals surface area contributed by atoms with E-state index < -0.39 is 36.7 Å². The zero-order chi connectivity index (χ0) is 27.7. The lowest BCUT2D eigenvalue weighted by Gasteiger charge is -2.38. The normalized spacial score (nSPS) is 26.2. The monoisotopic (exact) mass is 563 g/mol. The first kappa shape index (κ1) is 27.4. The highest BCUT2D eigenvalue weighted by molar-refractivity contribution is 6.32. The summed E-state index contributed by atoms with van der Waals surface area (Å²) in [5.41, 5.74) is 1.36. The SMILES string of the molecule is O=C(O)[C@H]1O[C@H](Oc2ccc(N3CCN(CCCn4nc5ccccn5c4=O)CC3)cc2Cl)[C@H](O)[C@H](O)[C@H]1O. The molecule has 210 valence electrons. The number of aryl methyl sites for hydroxylation is 1. The number of carboxylic acid groups (broad SMARTS) is 1. The number of rotatable bonds is 8. The van der Waals surface area contributed by atoms with Gasteiger partial charge < -0.3 is 34.8 Å². The average Bonchev–Trinajstić information content (AvgIpc) is 3.25. The van der Waals surface area contributed by atoms with E-state index in [1.54, 1.807) is 36.5 Å². The Hall–Kier alpha value is -3.20. The van der Waals surface area contributed by atoms with E-state index in [1.807, 2.05) is 6.07 Å². The zero-order valence-corrected chi connectivity index (χ0v) is 21.7. The lowest BCUT2D eigenvalue weighted by molar-refractivity contribution is -0.271. The van der Waals surface area contributed by atoms with Crippen molar-refractivity contribution in [1.82, 2.24) is 19.1 Å². The number of aromatic nitrogens is 3. The number of hydrogen-bond acceptors (Lipinski definition) is 10. The molecule has 3 aromatic rings. The van der Waals surface area contributed by atoms with Gasteiger partial charge in [0.25, 0.3) is 0 Å². The quantitative estimate of drug-likeness (QED) is 0.283. The van der Waals surface area contributed by atoms with Crippen LogP contribution in [0.2, 0.25) is 5.02 Å². The van der Waals surface area contributed by atoms with Gasteiger partial charge >= 0.3 is 11.7 Å². The van der Waals surface area contributed by atoms with Gasteiger partial charge in [-0.3, -0.25) is 9.30 Å². The van der Waals surface area contributed by atoms with Gasteiger partial charge in [0.1, 0.15) is 24.1 Å². The molecule has 2 aliphatic heterocycles. The minimum atomic E-state index is -1.80. The van der Waals surface area contributed by atoms with Gasteiger partial charge in [0.15, 0.2) is 11.8 Å². The molecule has 1 aromatic carbocycles. The van der Waals surface area contributed by atoms with Crippen molar-refractivity contribution < 1.29 is 34.7 Å². The molecule has 0 saturated carbocycles. The maximum Gasteiger partial charge on any atom is 0.350 e. The Morgan fingerprint density at radius 2 is 1.82 bits per heavy atom. The first-order valence-electron chi connectivity index (χ1n) is 12.6. The molecule has 4 heterocycles. The summed E-state index contributed by atoms with van der Waals surface area (Å²) in [7, 11) is 0. The number of halogens is 1. The Labute approximate surface area is 228 Å². The minimum Gasteiger partial charge on any atom is -0.479 e. The fraction of sp³-hybridized carbons (Fsp3) is 0.480. The summed E-state index contributed by atoms with van der Waals surface area (Å²) in [6.45, 7) is 4.56. The van der Waals surface area contributed by atoms with Crippen LogP contribution in [0.15, 0.2) is 47.4 Å². The summed E-state index contributed by atoms with van der Waals surface area (Å²) in [5.74, 6) is -1.36. The van der Waals surface area contributed by atoms with Gasteiger partial charge in [-0.25, -0.2) is 14.3 Å². The largest absolute Gasteiger partial charge is 0.479 e. The molecular formula is C25H30ClN5O8. The third kappa shape index (κ3) is 5.73. The zero-order valence-electron chi connectivity index (χ0n) is 20.9. The van der Waals surface area contributed by atoms with Crippen molar-refractivity contribution in [3.63, 3.8) is 0 Å². The summed E-state index contributed by atoms with van der Waals surface area (Å²) < 4.78 is 13.8. The van der Waals surface area contributed by atoms with Gasteiger partial charge in [-0.2, -0.15) is 0 Å². The summed E-state index contributed by atoms with van der Waals surface area (Å²) >= 11 is 6.41. The number of carboxylic acids is 1. The standard InChI is InChI=1S/C25H30ClN5O8/c26-16-14-15(5-6-17(16)38-24-21(34)19(32)20(33)22(39-24)23(35)36)29-12-10-28(11-13-29)7-3-9-31-25(37)30-8-2-1-4-18(30)27-31/h1-2,4-6,8,14,19-22,24,32-34H,3,7,9-13H2,(H,35,36)/t19-,20-,21-,22+,24+/m1/s1. The van der Waals surface area contributed by atoms with E-state index in [1.165, 1.54) is 9.08 Å². The number of aliphatic hydroxyl groups is 3. The van der Waals surface area contributed by atoms with Crippen LogP contribution >= 0.6 is 11.6 Å². The smallest absolute Gasteiger partial charge is 0.350 e. The first-order valence-corrected chi connectivity index (χ1v) is 13.0. The lowest BCUT2D eigenvalue weighted by atomic mass is 9.99. The molecule has 5 atom stereocenters. The molecule has 13 nitrogen and oxygen atoms in total. The van der Waals surface area contributed by atoms with E-state index in [4.69, 9.17) is 21.1 Å². The summed E-state index contributed by atoms with van der Waals surface area (Å²) in [4.78, 5) is 28.2. The average molecular weight is 564 g/mol. The topological polar surface area (TPSA) is 162 Å². The number of aliphatic hydroxyl groups excluding tert-OH is 3. The second-order valence-electron chi connectivity index (χ2n) is 9.58. The number of fused-ring (bicyclic) bond motifs is 1. The predicted octanol–water partition coefficient (Wildman–Crippen LogP) is -0.367. The number of aliphatic carboxylic acids is 1. The molecular weight excluding hydrogens is 534 g/mol. The molecule has 39 heavy (non-hydrogen) atoms. The van der Waals surface area contributed by atoms with Crippen LogP contribution in [-0.2, 0) is 16.1 Å². The van der Waals surface area contributed by atoms with Gasteiger partial charge in [0, 0.05) is 51.2 Å². The van der Waals surface area contributed by atoms with Gasteiger partial charge in [0.2, 0.25) is 6.29 Å². The number of benzene rings is 1. The Morgan fingerprint density at radius 3 is 2.51 bits per heavy atom. The maximum absolute atomic E-state index is 12.4. The summed E-state index contributed by atoms with van der Waals surface area (Å²) in [6, 6.07) is 10.5. The molecule has 0 radical (unpaired) electrons. The molecule has 2 aliphatic rings. The van der Waals surface area contributed by atoms with Crippen molar-refractivity contribution in [2.45, 2.75) is 43.7 Å².